The van der Waals surface area contributed by atoms with Gasteiger partial charge in [-0.3, -0.25) is 0 Å². The van der Waals surface area contributed by atoms with Crippen molar-refractivity contribution < 1.29 is 14.6 Å². The summed E-state index contributed by atoms with van der Waals surface area (Å²) in [6.45, 7) is 0. The number of hydrogen-bond acceptors (Lipinski definition) is 3. The molecule has 1 heterocycles. The first-order chi connectivity index (χ1) is 6.66. The number of carbonyl (C=O) groups is 1. The number of carboxylic acid groups (broad SMARTS) is 1. The van der Waals surface area contributed by atoms with E-state index in [-0.39, 0.29) is 16.8 Å². The minimum atomic E-state index is -1.03. The van der Waals surface area contributed by atoms with E-state index >= 15 is 0 Å². The average Bonchev–Trinajstić information content (AvgIpc) is 2.92. The van der Waals surface area contributed by atoms with Gasteiger partial charge in [0.25, 0.3) is 0 Å². The second-order valence-corrected chi connectivity index (χ2v) is 3.49. The Kier molecular flexibility index (Phi) is 2.29. The summed E-state index contributed by atoms with van der Waals surface area (Å²) in [6, 6.07) is 1.40. The fourth-order valence-electron chi connectivity index (χ4n) is 0.993. The van der Waals surface area contributed by atoms with Crippen molar-refractivity contribution in [1.29, 1.82) is 0 Å². The van der Waals surface area contributed by atoms with Gasteiger partial charge in [-0.05, 0) is 18.9 Å². The maximum atomic E-state index is 10.6. The summed E-state index contributed by atoms with van der Waals surface area (Å²) >= 11 is 5.74. The summed E-state index contributed by atoms with van der Waals surface area (Å²) in [6.07, 6.45) is 3.38. The number of aromatic carboxylic acids is 1. The van der Waals surface area contributed by atoms with Gasteiger partial charge >= 0.3 is 5.97 Å². The summed E-state index contributed by atoms with van der Waals surface area (Å²) in [5, 5.41) is 8.92. The van der Waals surface area contributed by atoms with E-state index in [0.717, 1.165) is 12.8 Å². The number of hydrogen-bond donors (Lipinski definition) is 1. The fraction of sp³-hybridized carbons (Fsp3) is 0.333. The predicted molar refractivity (Wildman–Crippen MR) is 49.9 cm³/mol. The average molecular weight is 214 g/mol. The number of nitrogens with zero attached hydrogens (tertiary/aromatic N) is 1. The topological polar surface area (TPSA) is 59.4 Å². The van der Waals surface area contributed by atoms with Crippen molar-refractivity contribution in [3.05, 3.63) is 23.0 Å². The molecule has 1 fully saturated rings. The molecule has 0 spiro atoms. The van der Waals surface area contributed by atoms with Crippen molar-refractivity contribution in [3.63, 3.8) is 0 Å². The Labute approximate surface area is 85.5 Å². The SMILES string of the molecule is O=C(O)c1cnc(Cl)c(OC2CC2)c1. The smallest absolute Gasteiger partial charge is 0.337 e. The van der Waals surface area contributed by atoms with Gasteiger partial charge < -0.3 is 9.84 Å². The molecule has 0 aliphatic heterocycles. The highest BCUT2D eigenvalue weighted by molar-refractivity contribution is 6.30. The molecule has 0 amide bonds. The lowest BCUT2D eigenvalue weighted by Crippen LogP contribution is -2.02. The van der Waals surface area contributed by atoms with Gasteiger partial charge in [-0.1, -0.05) is 11.6 Å². The second kappa shape index (κ2) is 3.46. The van der Waals surface area contributed by atoms with E-state index in [9.17, 15) is 4.79 Å². The van der Waals surface area contributed by atoms with Gasteiger partial charge in [0.2, 0.25) is 0 Å². The van der Waals surface area contributed by atoms with Crippen LogP contribution in [0, 0.1) is 0 Å². The van der Waals surface area contributed by atoms with E-state index in [4.69, 9.17) is 21.4 Å². The van der Waals surface area contributed by atoms with Crippen molar-refractivity contribution in [2.75, 3.05) is 0 Å². The van der Waals surface area contributed by atoms with E-state index in [0.29, 0.717) is 5.75 Å². The zero-order chi connectivity index (χ0) is 10.1. The highest BCUT2D eigenvalue weighted by Crippen LogP contribution is 2.31. The third kappa shape index (κ3) is 1.96. The van der Waals surface area contributed by atoms with Gasteiger partial charge in [0.05, 0.1) is 11.7 Å². The van der Waals surface area contributed by atoms with E-state index in [1.807, 2.05) is 0 Å². The summed E-state index contributed by atoms with van der Waals surface area (Å²) in [5.74, 6) is -0.677. The Balaban J connectivity index is 2.26. The maximum absolute atomic E-state index is 10.6. The molecule has 1 N–H and O–H groups in total. The molecule has 14 heavy (non-hydrogen) atoms. The molecule has 5 heteroatoms. The molecule has 0 unspecified atom stereocenters. The Morgan fingerprint density at radius 3 is 2.93 bits per heavy atom. The Bertz CT molecular complexity index is 376. The molecule has 1 saturated carbocycles. The van der Waals surface area contributed by atoms with Crippen LogP contribution in [0.15, 0.2) is 12.3 Å². The van der Waals surface area contributed by atoms with Crippen molar-refractivity contribution in [1.82, 2.24) is 4.98 Å². The fourth-order valence-corrected chi connectivity index (χ4v) is 1.14. The maximum Gasteiger partial charge on any atom is 0.337 e. The van der Waals surface area contributed by atoms with Crippen LogP contribution >= 0.6 is 11.6 Å². The van der Waals surface area contributed by atoms with Crippen LogP contribution in [0.5, 0.6) is 5.75 Å². The minimum Gasteiger partial charge on any atom is -0.487 e. The molecule has 1 aromatic heterocycles. The van der Waals surface area contributed by atoms with Crippen LogP contribution in [0.25, 0.3) is 0 Å². The molecule has 2 rings (SSSR count). The largest absolute Gasteiger partial charge is 0.487 e. The number of halogens is 1. The minimum absolute atomic E-state index is 0.0880. The van der Waals surface area contributed by atoms with Crippen LogP contribution in [0.3, 0.4) is 0 Å². The van der Waals surface area contributed by atoms with Gasteiger partial charge in [-0.25, -0.2) is 9.78 Å². The molecule has 74 valence electrons. The third-order valence-electron chi connectivity index (χ3n) is 1.87. The standard InChI is InChI=1S/C9H8ClNO3/c10-8-7(14-6-1-2-6)3-5(4-11-8)9(12)13/h3-4,6H,1-2H2,(H,12,13). The van der Waals surface area contributed by atoms with Gasteiger partial charge in [-0.15, -0.1) is 0 Å². The van der Waals surface area contributed by atoms with Crippen molar-refractivity contribution in [2.45, 2.75) is 18.9 Å². The first-order valence-corrected chi connectivity index (χ1v) is 4.60. The molecule has 0 atom stereocenters. The first kappa shape index (κ1) is 9.27. The summed E-state index contributed by atoms with van der Waals surface area (Å²) < 4.78 is 5.39. The van der Waals surface area contributed by atoms with Gasteiger partial charge in [-0.2, -0.15) is 0 Å². The molecule has 4 nitrogen and oxygen atoms in total. The van der Waals surface area contributed by atoms with Crippen molar-refractivity contribution in [2.24, 2.45) is 0 Å². The molecular formula is C9H8ClNO3. The van der Waals surface area contributed by atoms with Crippen molar-refractivity contribution >= 4 is 17.6 Å². The molecule has 0 bridgehead atoms. The lowest BCUT2D eigenvalue weighted by Gasteiger charge is -2.05. The first-order valence-electron chi connectivity index (χ1n) is 4.22. The zero-order valence-electron chi connectivity index (χ0n) is 7.24. The van der Waals surface area contributed by atoms with Gasteiger partial charge in [0, 0.05) is 6.20 Å². The van der Waals surface area contributed by atoms with Crippen molar-refractivity contribution in [3.8, 4) is 5.75 Å². The molecule has 1 aliphatic carbocycles. The predicted octanol–water partition coefficient (Wildman–Crippen LogP) is 1.97. The lowest BCUT2D eigenvalue weighted by atomic mass is 10.3. The van der Waals surface area contributed by atoms with Crippen LogP contribution < -0.4 is 4.74 Å². The Morgan fingerprint density at radius 1 is 1.64 bits per heavy atom. The third-order valence-corrected chi connectivity index (χ3v) is 2.16. The van der Waals surface area contributed by atoms with E-state index in [1.165, 1.54) is 12.3 Å². The zero-order valence-corrected chi connectivity index (χ0v) is 7.99. The summed E-state index contributed by atoms with van der Waals surface area (Å²) in [4.78, 5) is 14.4. The van der Waals surface area contributed by atoms with Crippen LogP contribution in [0.1, 0.15) is 23.2 Å². The van der Waals surface area contributed by atoms with E-state index < -0.39 is 5.97 Å². The molecule has 1 aromatic rings. The number of aromatic nitrogens is 1. The van der Waals surface area contributed by atoms with Gasteiger partial charge in [0.15, 0.2) is 10.9 Å². The monoisotopic (exact) mass is 213 g/mol. The quantitative estimate of drug-likeness (QED) is 0.780. The van der Waals surface area contributed by atoms with Crippen LogP contribution in [-0.2, 0) is 0 Å². The Morgan fingerprint density at radius 2 is 2.36 bits per heavy atom. The van der Waals surface area contributed by atoms with Crippen LogP contribution in [0.4, 0.5) is 0 Å². The molecule has 0 saturated heterocycles. The molecule has 0 aromatic carbocycles. The summed E-state index contributed by atoms with van der Waals surface area (Å²) in [5.41, 5.74) is 0.0880. The molecular weight excluding hydrogens is 206 g/mol. The molecule has 0 radical (unpaired) electrons. The normalized spacial score (nSPS) is 15.2. The highest BCUT2D eigenvalue weighted by Gasteiger charge is 2.25. The number of rotatable bonds is 3. The summed E-state index contributed by atoms with van der Waals surface area (Å²) in [7, 11) is 0. The number of carboxylic acids is 1. The second-order valence-electron chi connectivity index (χ2n) is 3.14. The van der Waals surface area contributed by atoms with Gasteiger partial charge in [0.1, 0.15) is 0 Å². The van der Waals surface area contributed by atoms with Crippen LogP contribution in [0.2, 0.25) is 5.15 Å². The number of pyridine rings is 1. The van der Waals surface area contributed by atoms with E-state index in [1.54, 1.807) is 0 Å². The highest BCUT2D eigenvalue weighted by atomic mass is 35.5. The molecule has 1 aliphatic rings. The number of ether oxygens (including phenoxy) is 1. The van der Waals surface area contributed by atoms with E-state index in [2.05, 4.69) is 4.98 Å². The lowest BCUT2D eigenvalue weighted by molar-refractivity contribution is 0.0696. The van der Waals surface area contributed by atoms with Crippen LogP contribution in [-0.4, -0.2) is 22.2 Å². The Hall–Kier alpha value is -1.29.